The van der Waals surface area contributed by atoms with Gasteiger partial charge in [-0.25, -0.2) is 0 Å². The van der Waals surface area contributed by atoms with Gasteiger partial charge in [-0.3, -0.25) is 4.90 Å². The van der Waals surface area contributed by atoms with E-state index in [-0.39, 0.29) is 0 Å². The van der Waals surface area contributed by atoms with E-state index >= 15 is 0 Å². The molecule has 0 spiro atoms. The molecule has 0 aromatic heterocycles. The molecule has 1 fully saturated rings. The molecule has 0 bridgehead atoms. The second-order valence-electron chi connectivity index (χ2n) is 6.28. The monoisotopic (exact) mass is 306 g/mol. The summed E-state index contributed by atoms with van der Waals surface area (Å²) < 4.78 is 16.8. The number of likely N-dealkylation sites (tertiary alicyclic amines) is 1. The zero-order valence-electron chi connectivity index (χ0n) is 13.7. The van der Waals surface area contributed by atoms with Gasteiger partial charge in [0, 0.05) is 25.2 Å². The molecule has 1 atom stereocenters. The summed E-state index contributed by atoms with van der Waals surface area (Å²) in [7, 11) is 1.67. The van der Waals surface area contributed by atoms with Crippen molar-refractivity contribution in [1.29, 1.82) is 0 Å². The molecule has 22 heavy (non-hydrogen) atoms. The summed E-state index contributed by atoms with van der Waals surface area (Å²) in [5.74, 6) is 2.27. The smallest absolute Gasteiger partial charge is 0.203 e. The number of methoxy groups -OCH3 is 1. The molecule has 1 aromatic carbocycles. The van der Waals surface area contributed by atoms with Crippen LogP contribution in [0.4, 0.5) is 0 Å². The molecule has 0 aliphatic carbocycles. The van der Waals surface area contributed by atoms with E-state index in [0.717, 1.165) is 30.3 Å². The first-order chi connectivity index (χ1) is 10.7. The fraction of sp³-hybridized carbons (Fsp3) is 0.647. The van der Waals surface area contributed by atoms with E-state index in [0.29, 0.717) is 25.3 Å². The Kier molecular flexibility index (Phi) is 4.74. The van der Waals surface area contributed by atoms with Crippen molar-refractivity contribution in [1.82, 2.24) is 10.2 Å². The van der Waals surface area contributed by atoms with E-state index in [4.69, 9.17) is 14.2 Å². The van der Waals surface area contributed by atoms with Crippen molar-refractivity contribution in [2.75, 3.05) is 33.4 Å². The number of nitrogens with one attached hydrogen (secondary N) is 1. The molecule has 1 aromatic rings. The Balaban J connectivity index is 1.63. The minimum Gasteiger partial charge on any atom is -0.493 e. The number of hydrogen-bond acceptors (Lipinski definition) is 5. The highest BCUT2D eigenvalue weighted by molar-refractivity contribution is 5.54. The zero-order valence-corrected chi connectivity index (χ0v) is 13.7. The van der Waals surface area contributed by atoms with E-state index < -0.39 is 0 Å². The number of benzene rings is 1. The number of nitrogens with zero attached hydrogens (tertiary/aromatic N) is 1. The quantitative estimate of drug-likeness (QED) is 0.902. The van der Waals surface area contributed by atoms with Crippen LogP contribution in [0.5, 0.6) is 17.2 Å². The fourth-order valence-electron chi connectivity index (χ4n) is 3.11. The molecule has 5 nitrogen and oxygen atoms in total. The third kappa shape index (κ3) is 3.31. The summed E-state index contributed by atoms with van der Waals surface area (Å²) in [5.41, 5.74) is 1.17. The van der Waals surface area contributed by atoms with Crippen molar-refractivity contribution in [2.45, 2.75) is 38.9 Å². The highest BCUT2D eigenvalue weighted by Crippen LogP contribution is 2.40. The van der Waals surface area contributed by atoms with E-state index in [1.54, 1.807) is 7.11 Å². The average Bonchev–Trinajstić information content (AvgIpc) is 3.01. The lowest BCUT2D eigenvalue weighted by Crippen LogP contribution is -2.34. The largest absolute Gasteiger partial charge is 0.493 e. The number of fused-ring (bicyclic) bond motifs is 1. The molecule has 1 N–H and O–H groups in total. The standard InChI is InChI=1S/C17H26N2O3/c1-12(2)19-5-4-14(11-19)18-10-13-8-15(20-3)17-16(9-13)21-6-7-22-17/h8-9,12,14,18H,4-7,10-11H2,1-3H3/t14-/m0/s1. The second kappa shape index (κ2) is 6.75. The van der Waals surface area contributed by atoms with Crippen LogP contribution in [0.2, 0.25) is 0 Å². The summed E-state index contributed by atoms with van der Waals surface area (Å²) >= 11 is 0. The maximum absolute atomic E-state index is 5.69. The van der Waals surface area contributed by atoms with E-state index in [9.17, 15) is 0 Å². The Bertz CT molecular complexity index is 502. The van der Waals surface area contributed by atoms with Crippen molar-refractivity contribution < 1.29 is 14.2 Å². The van der Waals surface area contributed by atoms with Gasteiger partial charge in [-0.1, -0.05) is 0 Å². The van der Waals surface area contributed by atoms with Gasteiger partial charge in [-0.05, 0) is 44.5 Å². The van der Waals surface area contributed by atoms with Gasteiger partial charge in [0.1, 0.15) is 13.2 Å². The molecule has 0 amide bonds. The van der Waals surface area contributed by atoms with Crippen molar-refractivity contribution in [3.63, 3.8) is 0 Å². The van der Waals surface area contributed by atoms with Gasteiger partial charge in [0.05, 0.1) is 7.11 Å². The van der Waals surface area contributed by atoms with Gasteiger partial charge < -0.3 is 19.5 Å². The van der Waals surface area contributed by atoms with Gasteiger partial charge in [0.2, 0.25) is 5.75 Å². The van der Waals surface area contributed by atoms with Gasteiger partial charge in [0.25, 0.3) is 0 Å². The average molecular weight is 306 g/mol. The predicted octanol–water partition coefficient (Wildman–Crippen LogP) is 2.04. The van der Waals surface area contributed by atoms with Crippen LogP contribution in [0, 0.1) is 0 Å². The summed E-state index contributed by atoms with van der Waals surface area (Å²) in [6.07, 6.45) is 1.21. The van der Waals surface area contributed by atoms with Crippen LogP contribution in [0.3, 0.4) is 0 Å². The molecule has 2 heterocycles. The topological polar surface area (TPSA) is 43.0 Å². The lowest BCUT2D eigenvalue weighted by atomic mass is 10.1. The molecular formula is C17H26N2O3. The number of ether oxygens (including phenoxy) is 3. The van der Waals surface area contributed by atoms with E-state index in [2.05, 4.69) is 30.1 Å². The van der Waals surface area contributed by atoms with Crippen molar-refractivity contribution in [3.05, 3.63) is 17.7 Å². The molecule has 2 aliphatic rings. The lowest BCUT2D eigenvalue weighted by molar-refractivity contribution is 0.165. The molecule has 3 rings (SSSR count). The van der Waals surface area contributed by atoms with Crippen LogP contribution in [0.1, 0.15) is 25.8 Å². The molecule has 5 heteroatoms. The summed E-state index contributed by atoms with van der Waals surface area (Å²) in [4.78, 5) is 2.52. The Morgan fingerprint density at radius 1 is 1.32 bits per heavy atom. The lowest BCUT2D eigenvalue weighted by Gasteiger charge is -2.22. The molecule has 0 radical (unpaired) electrons. The highest BCUT2D eigenvalue weighted by Gasteiger charge is 2.24. The molecule has 0 unspecified atom stereocenters. The maximum atomic E-state index is 5.69. The van der Waals surface area contributed by atoms with Crippen molar-refractivity contribution >= 4 is 0 Å². The third-order valence-electron chi connectivity index (χ3n) is 4.43. The first-order valence-corrected chi connectivity index (χ1v) is 8.11. The van der Waals surface area contributed by atoms with E-state index in [1.165, 1.54) is 18.5 Å². The molecule has 0 saturated carbocycles. The minimum absolute atomic E-state index is 0.557. The van der Waals surface area contributed by atoms with Gasteiger partial charge in [0.15, 0.2) is 11.5 Å². The van der Waals surface area contributed by atoms with Crippen LogP contribution in [-0.4, -0.2) is 50.4 Å². The summed E-state index contributed by atoms with van der Waals surface area (Å²) in [6.45, 7) is 8.82. The Morgan fingerprint density at radius 2 is 2.14 bits per heavy atom. The highest BCUT2D eigenvalue weighted by atomic mass is 16.6. The van der Waals surface area contributed by atoms with Crippen LogP contribution < -0.4 is 19.5 Å². The molecule has 2 aliphatic heterocycles. The normalized spacial score (nSPS) is 21.4. The summed E-state index contributed by atoms with van der Waals surface area (Å²) in [6, 6.07) is 5.28. The third-order valence-corrected chi connectivity index (χ3v) is 4.43. The molecule has 122 valence electrons. The SMILES string of the molecule is COc1cc(CN[C@H]2CCN(C(C)C)C2)cc2c1OCCO2. The Morgan fingerprint density at radius 3 is 2.86 bits per heavy atom. The van der Waals surface area contributed by atoms with Crippen LogP contribution in [-0.2, 0) is 6.54 Å². The predicted molar refractivity (Wildman–Crippen MR) is 85.9 cm³/mol. The first-order valence-electron chi connectivity index (χ1n) is 8.11. The van der Waals surface area contributed by atoms with Gasteiger partial charge in [-0.2, -0.15) is 0 Å². The maximum Gasteiger partial charge on any atom is 0.203 e. The Labute approximate surface area is 132 Å². The summed E-state index contributed by atoms with van der Waals surface area (Å²) in [5, 5.41) is 3.65. The van der Waals surface area contributed by atoms with Gasteiger partial charge >= 0.3 is 0 Å². The van der Waals surface area contributed by atoms with Gasteiger partial charge in [-0.15, -0.1) is 0 Å². The number of rotatable bonds is 5. The zero-order chi connectivity index (χ0) is 15.5. The Hall–Kier alpha value is -1.46. The van der Waals surface area contributed by atoms with Crippen molar-refractivity contribution in [3.8, 4) is 17.2 Å². The minimum atomic E-state index is 0.557. The van der Waals surface area contributed by atoms with Crippen molar-refractivity contribution in [2.24, 2.45) is 0 Å². The van der Waals surface area contributed by atoms with Crippen LogP contribution >= 0.6 is 0 Å². The first kappa shape index (κ1) is 15.4. The van der Waals surface area contributed by atoms with Crippen LogP contribution in [0.25, 0.3) is 0 Å². The van der Waals surface area contributed by atoms with Crippen LogP contribution in [0.15, 0.2) is 12.1 Å². The fourth-order valence-corrected chi connectivity index (χ4v) is 3.11. The van der Waals surface area contributed by atoms with E-state index in [1.807, 2.05) is 6.07 Å². The molecule has 1 saturated heterocycles. The molecular weight excluding hydrogens is 280 g/mol. The second-order valence-corrected chi connectivity index (χ2v) is 6.28. The number of hydrogen-bond donors (Lipinski definition) is 1.